The Morgan fingerprint density at radius 1 is 1.00 bits per heavy atom. The Bertz CT molecular complexity index is 999. The Kier molecular flexibility index (Phi) is 6.67. The van der Waals surface area contributed by atoms with Crippen LogP contribution < -0.4 is 4.74 Å². The van der Waals surface area contributed by atoms with Gasteiger partial charge in [-0.2, -0.15) is 0 Å². The van der Waals surface area contributed by atoms with E-state index in [1.165, 1.54) is 0 Å². The van der Waals surface area contributed by atoms with Crippen molar-refractivity contribution in [3.8, 4) is 5.75 Å². The zero-order valence-electron chi connectivity index (χ0n) is 17.6. The van der Waals surface area contributed by atoms with E-state index in [-0.39, 0.29) is 12.2 Å². The molecule has 0 bridgehead atoms. The molecule has 1 heterocycles. The van der Waals surface area contributed by atoms with Crippen molar-refractivity contribution in [2.75, 3.05) is 0 Å². The standard InChI is InChI=1S/C24H25NO5/c1-15-5-9-20(10-6-15)24(27)18(4)29-23(26)13-19-7-11-21(12-8-19)28-14-22-16(2)25-30-17(22)3/h5-12,18H,13-14H2,1-4H3/t18-/m0/s1. The van der Waals surface area contributed by atoms with Crippen LogP contribution in [0.1, 0.15) is 45.4 Å². The number of aromatic nitrogens is 1. The predicted molar refractivity (Wildman–Crippen MR) is 112 cm³/mol. The van der Waals surface area contributed by atoms with Crippen LogP contribution >= 0.6 is 0 Å². The van der Waals surface area contributed by atoms with Gasteiger partial charge in [-0.05, 0) is 45.4 Å². The highest BCUT2D eigenvalue weighted by molar-refractivity contribution is 6.00. The molecule has 0 radical (unpaired) electrons. The van der Waals surface area contributed by atoms with Crippen LogP contribution in [0.4, 0.5) is 0 Å². The molecule has 0 amide bonds. The van der Waals surface area contributed by atoms with Crippen molar-refractivity contribution in [2.45, 2.75) is 46.8 Å². The molecule has 0 saturated carbocycles. The van der Waals surface area contributed by atoms with Crippen LogP contribution in [-0.2, 0) is 22.6 Å². The number of ketones is 1. The maximum absolute atomic E-state index is 12.4. The molecule has 156 valence electrons. The van der Waals surface area contributed by atoms with Crippen LogP contribution in [-0.4, -0.2) is 23.0 Å². The molecular weight excluding hydrogens is 382 g/mol. The highest BCUT2D eigenvalue weighted by atomic mass is 16.5. The zero-order valence-corrected chi connectivity index (χ0v) is 17.6. The number of nitrogens with zero attached hydrogens (tertiary/aromatic N) is 1. The minimum Gasteiger partial charge on any atom is -0.489 e. The molecule has 0 saturated heterocycles. The van der Waals surface area contributed by atoms with Gasteiger partial charge in [0.25, 0.3) is 0 Å². The molecule has 6 nitrogen and oxygen atoms in total. The van der Waals surface area contributed by atoms with Crippen molar-refractivity contribution in [3.05, 3.63) is 82.2 Å². The number of rotatable bonds is 8. The summed E-state index contributed by atoms with van der Waals surface area (Å²) in [7, 11) is 0. The van der Waals surface area contributed by atoms with Gasteiger partial charge in [-0.1, -0.05) is 47.1 Å². The first kappa shape index (κ1) is 21.3. The monoisotopic (exact) mass is 407 g/mol. The fraction of sp³-hybridized carbons (Fsp3) is 0.292. The maximum Gasteiger partial charge on any atom is 0.310 e. The van der Waals surface area contributed by atoms with Gasteiger partial charge in [0, 0.05) is 5.56 Å². The van der Waals surface area contributed by atoms with E-state index in [2.05, 4.69) is 5.16 Å². The molecule has 0 spiro atoms. The van der Waals surface area contributed by atoms with E-state index in [4.69, 9.17) is 14.0 Å². The van der Waals surface area contributed by atoms with E-state index in [9.17, 15) is 9.59 Å². The van der Waals surface area contributed by atoms with Gasteiger partial charge in [0.1, 0.15) is 18.1 Å². The van der Waals surface area contributed by atoms with Gasteiger partial charge in [-0.3, -0.25) is 9.59 Å². The number of ether oxygens (including phenoxy) is 2. The van der Waals surface area contributed by atoms with E-state index < -0.39 is 12.1 Å². The second kappa shape index (κ2) is 9.39. The van der Waals surface area contributed by atoms with Gasteiger partial charge in [0.15, 0.2) is 6.10 Å². The van der Waals surface area contributed by atoms with Crippen LogP contribution in [0.2, 0.25) is 0 Å². The Morgan fingerprint density at radius 2 is 1.67 bits per heavy atom. The highest BCUT2D eigenvalue weighted by Gasteiger charge is 2.19. The van der Waals surface area contributed by atoms with Gasteiger partial charge in [0.2, 0.25) is 5.78 Å². The zero-order chi connectivity index (χ0) is 21.7. The van der Waals surface area contributed by atoms with Crippen molar-refractivity contribution in [3.63, 3.8) is 0 Å². The third kappa shape index (κ3) is 5.35. The van der Waals surface area contributed by atoms with Gasteiger partial charge in [0.05, 0.1) is 17.7 Å². The van der Waals surface area contributed by atoms with Gasteiger partial charge in [-0.15, -0.1) is 0 Å². The largest absolute Gasteiger partial charge is 0.489 e. The molecule has 1 aromatic heterocycles. The van der Waals surface area contributed by atoms with Crippen molar-refractivity contribution in [1.82, 2.24) is 5.16 Å². The van der Waals surface area contributed by atoms with Gasteiger partial charge < -0.3 is 14.0 Å². The summed E-state index contributed by atoms with van der Waals surface area (Å²) in [6.07, 6.45) is -0.756. The Balaban J connectivity index is 1.51. The number of esters is 1. The maximum atomic E-state index is 12.4. The molecule has 3 aromatic rings. The summed E-state index contributed by atoms with van der Waals surface area (Å²) in [6, 6.07) is 14.4. The number of carbonyl (C=O) groups is 2. The average Bonchev–Trinajstić information content (AvgIpc) is 3.05. The molecular formula is C24H25NO5. The van der Waals surface area contributed by atoms with Crippen LogP contribution in [0.3, 0.4) is 0 Å². The predicted octanol–water partition coefficient (Wildman–Crippen LogP) is 4.54. The smallest absolute Gasteiger partial charge is 0.310 e. The molecule has 0 aliphatic heterocycles. The number of hydrogen-bond acceptors (Lipinski definition) is 6. The first-order valence-corrected chi connectivity index (χ1v) is 9.77. The quantitative estimate of drug-likeness (QED) is 0.403. The third-order valence-corrected chi connectivity index (χ3v) is 4.85. The molecule has 3 rings (SSSR count). The lowest BCUT2D eigenvalue weighted by atomic mass is 10.1. The second-order valence-corrected chi connectivity index (χ2v) is 7.27. The first-order chi connectivity index (χ1) is 14.3. The lowest BCUT2D eigenvalue weighted by molar-refractivity contribution is -0.145. The molecule has 0 aliphatic carbocycles. The van der Waals surface area contributed by atoms with Crippen LogP contribution in [0.25, 0.3) is 0 Å². The molecule has 6 heteroatoms. The SMILES string of the molecule is Cc1ccc(C(=O)[C@H](C)OC(=O)Cc2ccc(OCc3c(C)noc3C)cc2)cc1. The van der Waals surface area contributed by atoms with Gasteiger partial charge >= 0.3 is 5.97 Å². The van der Waals surface area contributed by atoms with Crippen LogP contribution in [0.15, 0.2) is 53.1 Å². The molecule has 0 N–H and O–H groups in total. The second-order valence-electron chi connectivity index (χ2n) is 7.27. The number of hydrogen-bond donors (Lipinski definition) is 0. The number of Topliss-reactive ketones (excluding diaryl/α,β-unsaturated/α-hetero) is 1. The van der Waals surface area contributed by atoms with Crippen LogP contribution in [0, 0.1) is 20.8 Å². The summed E-state index contributed by atoms with van der Waals surface area (Å²) >= 11 is 0. The van der Waals surface area contributed by atoms with E-state index in [0.29, 0.717) is 17.9 Å². The Labute approximate surface area is 175 Å². The summed E-state index contributed by atoms with van der Waals surface area (Å²) in [5.74, 6) is 0.745. The van der Waals surface area contributed by atoms with E-state index in [1.54, 1.807) is 43.3 Å². The lowest BCUT2D eigenvalue weighted by Gasteiger charge is -2.13. The number of benzene rings is 2. The van der Waals surface area contributed by atoms with Crippen molar-refractivity contribution >= 4 is 11.8 Å². The van der Waals surface area contributed by atoms with E-state index in [1.807, 2.05) is 32.9 Å². The molecule has 0 unspecified atom stereocenters. The topological polar surface area (TPSA) is 78.6 Å². The summed E-state index contributed by atoms with van der Waals surface area (Å²) in [5, 5.41) is 3.90. The van der Waals surface area contributed by atoms with Gasteiger partial charge in [-0.25, -0.2) is 0 Å². The fourth-order valence-electron chi connectivity index (χ4n) is 2.98. The summed E-state index contributed by atoms with van der Waals surface area (Å²) in [4.78, 5) is 24.6. The minimum atomic E-state index is -0.835. The molecule has 2 aromatic carbocycles. The van der Waals surface area contributed by atoms with Crippen molar-refractivity contribution in [1.29, 1.82) is 0 Å². The Hall–Kier alpha value is -3.41. The van der Waals surface area contributed by atoms with Crippen molar-refractivity contribution < 1.29 is 23.6 Å². The summed E-state index contributed by atoms with van der Waals surface area (Å²) < 4.78 is 16.2. The molecule has 0 aliphatic rings. The van der Waals surface area contributed by atoms with E-state index in [0.717, 1.165) is 28.1 Å². The van der Waals surface area contributed by atoms with E-state index >= 15 is 0 Å². The third-order valence-electron chi connectivity index (χ3n) is 4.85. The average molecular weight is 407 g/mol. The number of aryl methyl sites for hydroxylation is 3. The molecule has 1 atom stereocenters. The molecule has 0 fully saturated rings. The lowest BCUT2D eigenvalue weighted by Crippen LogP contribution is -2.25. The van der Waals surface area contributed by atoms with Crippen LogP contribution in [0.5, 0.6) is 5.75 Å². The Morgan fingerprint density at radius 3 is 2.27 bits per heavy atom. The summed E-state index contributed by atoms with van der Waals surface area (Å²) in [5.41, 5.74) is 4.10. The summed E-state index contributed by atoms with van der Waals surface area (Å²) in [6.45, 7) is 7.62. The van der Waals surface area contributed by atoms with Crippen molar-refractivity contribution in [2.24, 2.45) is 0 Å². The molecule has 30 heavy (non-hydrogen) atoms. The number of carbonyl (C=O) groups excluding carboxylic acids is 2. The first-order valence-electron chi connectivity index (χ1n) is 9.77. The highest BCUT2D eigenvalue weighted by Crippen LogP contribution is 2.18. The minimum absolute atomic E-state index is 0.0790. The normalized spacial score (nSPS) is 11.7. The fourth-order valence-corrected chi connectivity index (χ4v) is 2.98.